The van der Waals surface area contributed by atoms with Crippen LogP contribution in [-0.4, -0.2) is 9.55 Å². The van der Waals surface area contributed by atoms with Crippen molar-refractivity contribution in [3.05, 3.63) is 22.2 Å². The van der Waals surface area contributed by atoms with Crippen molar-refractivity contribution in [1.82, 2.24) is 9.55 Å². The SMILES string of the molecule is CC(C)(C1CC1)n1c(N)nc2cc(Cl)c(Cl)cc21. The Morgan fingerprint density at radius 1 is 1.28 bits per heavy atom. The Labute approximate surface area is 116 Å². The van der Waals surface area contributed by atoms with Gasteiger partial charge in [0, 0.05) is 5.54 Å². The van der Waals surface area contributed by atoms with Crippen molar-refractivity contribution >= 4 is 40.2 Å². The lowest BCUT2D eigenvalue weighted by Crippen LogP contribution is -2.29. The predicted octanol–water partition coefficient (Wildman–Crippen LogP) is 4.07. The molecule has 1 aliphatic carbocycles. The number of imidazole rings is 1. The molecule has 1 heterocycles. The highest BCUT2D eigenvalue weighted by atomic mass is 35.5. The lowest BCUT2D eigenvalue weighted by Gasteiger charge is -2.28. The molecule has 1 aliphatic rings. The summed E-state index contributed by atoms with van der Waals surface area (Å²) in [7, 11) is 0. The number of aromatic nitrogens is 2. The lowest BCUT2D eigenvalue weighted by atomic mass is 9.98. The van der Waals surface area contributed by atoms with Gasteiger partial charge in [0.2, 0.25) is 5.95 Å². The maximum absolute atomic E-state index is 6.10. The number of fused-ring (bicyclic) bond motifs is 1. The molecule has 3 nitrogen and oxygen atoms in total. The Balaban J connectivity index is 2.28. The summed E-state index contributed by atoms with van der Waals surface area (Å²) in [5.41, 5.74) is 7.80. The number of hydrogen-bond acceptors (Lipinski definition) is 2. The molecular formula is C13H15Cl2N3. The summed E-state index contributed by atoms with van der Waals surface area (Å²) in [5.74, 6) is 1.19. The average molecular weight is 284 g/mol. The number of nitrogen functional groups attached to an aromatic ring is 1. The molecule has 0 bridgehead atoms. The molecule has 0 spiro atoms. The van der Waals surface area contributed by atoms with Crippen LogP contribution < -0.4 is 5.73 Å². The smallest absolute Gasteiger partial charge is 0.201 e. The van der Waals surface area contributed by atoms with Gasteiger partial charge in [-0.2, -0.15) is 0 Å². The topological polar surface area (TPSA) is 43.8 Å². The van der Waals surface area contributed by atoms with Crippen molar-refractivity contribution in [2.75, 3.05) is 5.73 Å². The number of benzene rings is 1. The van der Waals surface area contributed by atoms with Crippen LogP contribution in [0, 0.1) is 5.92 Å². The van der Waals surface area contributed by atoms with Crippen molar-refractivity contribution in [3.8, 4) is 0 Å². The molecule has 0 radical (unpaired) electrons. The Bertz CT molecular complexity index is 627. The van der Waals surface area contributed by atoms with E-state index in [2.05, 4.69) is 23.4 Å². The Kier molecular flexibility index (Phi) is 2.55. The summed E-state index contributed by atoms with van der Waals surface area (Å²) in [4.78, 5) is 4.39. The molecule has 18 heavy (non-hydrogen) atoms. The van der Waals surface area contributed by atoms with Gasteiger partial charge in [-0.05, 0) is 44.7 Å². The summed E-state index contributed by atoms with van der Waals surface area (Å²) in [6.07, 6.45) is 2.49. The highest BCUT2D eigenvalue weighted by molar-refractivity contribution is 6.42. The first kappa shape index (κ1) is 12.1. The van der Waals surface area contributed by atoms with E-state index < -0.39 is 0 Å². The molecule has 1 saturated carbocycles. The molecule has 1 aromatic heterocycles. The minimum atomic E-state index is -0.0318. The second kappa shape index (κ2) is 3.78. The molecule has 3 rings (SSSR count). The van der Waals surface area contributed by atoms with E-state index in [1.807, 2.05) is 6.07 Å². The van der Waals surface area contributed by atoms with E-state index in [4.69, 9.17) is 28.9 Å². The lowest BCUT2D eigenvalue weighted by molar-refractivity contribution is 0.318. The fraction of sp³-hybridized carbons (Fsp3) is 0.462. The third-order valence-corrected chi connectivity index (χ3v) is 4.60. The second-order valence-corrected chi connectivity index (χ2v) is 6.30. The largest absolute Gasteiger partial charge is 0.369 e. The predicted molar refractivity (Wildman–Crippen MR) is 76.2 cm³/mol. The molecule has 1 aromatic carbocycles. The minimum Gasteiger partial charge on any atom is -0.369 e. The van der Waals surface area contributed by atoms with Gasteiger partial charge >= 0.3 is 0 Å². The first-order valence-electron chi connectivity index (χ1n) is 6.04. The van der Waals surface area contributed by atoms with Gasteiger partial charge in [-0.25, -0.2) is 4.98 Å². The highest BCUT2D eigenvalue weighted by Crippen LogP contribution is 2.46. The Morgan fingerprint density at radius 2 is 1.89 bits per heavy atom. The number of nitrogens with zero attached hydrogens (tertiary/aromatic N) is 2. The van der Waals surface area contributed by atoms with Crippen LogP contribution in [0.15, 0.2) is 12.1 Å². The van der Waals surface area contributed by atoms with Gasteiger partial charge in [-0.1, -0.05) is 23.2 Å². The van der Waals surface area contributed by atoms with Crippen molar-refractivity contribution in [2.45, 2.75) is 32.2 Å². The molecule has 5 heteroatoms. The third-order valence-electron chi connectivity index (χ3n) is 3.88. The number of nitrogens with two attached hydrogens (primary N) is 1. The Hall–Kier alpha value is -0.930. The maximum atomic E-state index is 6.10. The van der Waals surface area contributed by atoms with Crippen molar-refractivity contribution in [3.63, 3.8) is 0 Å². The van der Waals surface area contributed by atoms with Crippen LogP contribution in [0.4, 0.5) is 5.95 Å². The van der Waals surface area contributed by atoms with Crippen molar-refractivity contribution in [2.24, 2.45) is 5.92 Å². The first-order chi connectivity index (χ1) is 8.41. The fourth-order valence-electron chi connectivity index (χ4n) is 2.67. The van der Waals surface area contributed by atoms with Crippen molar-refractivity contribution < 1.29 is 0 Å². The van der Waals surface area contributed by atoms with E-state index in [1.54, 1.807) is 6.07 Å². The quantitative estimate of drug-likeness (QED) is 0.903. The molecule has 96 valence electrons. The minimum absolute atomic E-state index is 0.0318. The van der Waals surface area contributed by atoms with Crippen LogP contribution >= 0.6 is 23.2 Å². The summed E-state index contributed by atoms with van der Waals surface area (Å²) in [6, 6.07) is 3.63. The van der Waals surface area contributed by atoms with Crippen LogP contribution in [0.25, 0.3) is 11.0 Å². The van der Waals surface area contributed by atoms with Gasteiger partial charge < -0.3 is 10.3 Å². The molecule has 1 fully saturated rings. The van der Waals surface area contributed by atoms with E-state index in [0.717, 1.165) is 11.0 Å². The van der Waals surface area contributed by atoms with Crippen LogP contribution in [0.3, 0.4) is 0 Å². The number of rotatable bonds is 2. The summed E-state index contributed by atoms with van der Waals surface area (Å²) in [5, 5.41) is 1.05. The highest BCUT2D eigenvalue weighted by Gasteiger charge is 2.41. The monoisotopic (exact) mass is 283 g/mol. The van der Waals surface area contributed by atoms with Gasteiger partial charge in [0.05, 0.1) is 21.1 Å². The molecule has 2 N–H and O–H groups in total. The summed E-state index contributed by atoms with van der Waals surface area (Å²) in [6.45, 7) is 4.40. The van der Waals surface area contributed by atoms with Crippen LogP contribution in [-0.2, 0) is 5.54 Å². The van der Waals surface area contributed by atoms with Crippen LogP contribution in [0.1, 0.15) is 26.7 Å². The van der Waals surface area contributed by atoms with E-state index >= 15 is 0 Å². The van der Waals surface area contributed by atoms with E-state index in [1.165, 1.54) is 12.8 Å². The normalized spacial score (nSPS) is 16.4. The van der Waals surface area contributed by atoms with E-state index in [9.17, 15) is 0 Å². The number of anilines is 1. The molecular weight excluding hydrogens is 269 g/mol. The van der Waals surface area contributed by atoms with Crippen LogP contribution in [0.5, 0.6) is 0 Å². The second-order valence-electron chi connectivity index (χ2n) is 5.49. The first-order valence-corrected chi connectivity index (χ1v) is 6.80. The fourth-order valence-corrected chi connectivity index (χ4v) is 2.99. The third kappa shape index (κ3) is 1.69. The molecule has 0 unspecified atom stereocenters. The number of hydrogen-bond donors (Lipinski definition) is 1. The summed E-state index contributed by atoms with van der Waals surface area (Å²) >= 11 is 12.1. The van der Waals surface area contributed by atoms with Gasteiger partial charge in [-0.15, -0.1) is 0 Å². The van der Waals surface area contributed by atoms with Gasteiger partial charge in [-0.3, -0.25) is 0 Å². The molecule has 0 amide bonds. The summed E-state index contributed by atoms with van der Waals surface area (Å²) < 4.78 is 2.09. The number of halogens is 2. The van der Waals surface area contributed by atoms with Gasteiger partial charge in [0.25, 0.3) is 0 Å². The Morgan fingerprint density at radius 3 is 2.50 bits per heavy atom. The maximum Gasteiger partial charge on any atom is 0.201 e. The molecule has 0 saturated heterocycles. The van der Waals surface area contributed by atoms with E-state index in [0.29, 0.717) is 21.9 Å². The van der Waals surface area contributed by atoms with Crippen molar-refractivity contribution in [1.29, 1.82) is 0 Å². The average Bonchev–Trinajstić information content (AvgIpc) is 3.05. The zero-order valence-corrected chi connectivity index (χ0v) is 11.9. The van der Waals surface area contributed by atoms with E-state index in [-0.39, 0.29) is 5.54 Å². The standard InChI is InChI=1S/C13H15Cl2N3/c1-13(2,7-3-4-7)18-11-6-9(15)8(14)5-10(11)17-12(18)16/h5-7H,3-4H2,1-2H3,(H2,16,17). The molecule has 0 aliphatic heterocycles. The zero-order chi connectivity index (χ0) is 13.1. The zero-order valence-electron chi connectivity index (χ0n) is 10.4. The molecule has 2 aromatic rings. The van der Waals surface area contributed by atoms with Gasteiger partial charge in [0.1, 0.15) is 0 Å². The van der Waals surface area contributed by atoms with Gasteiger partial charge in [0.15, 0.2) is 0 Å². The van der Waals surface area contributed by atoms with Crippen LogP contribution in [0.2, 0.25) is 10.0 Å². The molecule has 0 atom stereocenters.